The van der Waals surface area contributed by atoms with Gasteiger partial charge in [-0.3, -0.25) is 19.9 Å². The van der Waals surface area contributed by atoms with Crippen molar-refractivity contribution in [1.29, 1.82) is 0 Å². The highest BCUT2D eigenvalue weighted by atomic mass is 32.1. The van der Waals surface area contributed by atoms with Gasteiger partial charge in [0.2, 0.25) is 0 Å². The summed E-state index contributed by atoms with van der Waals surface area (Å²) in [5.41, 5.74) is 2.18. The number of carbonyl (C=O) groups is 1. The second-order valence-electron chi connectivity index (χ2n) is 6.82. The third-order valence-corrected chi connectivity index (χ3v) is 5.17. The highest BCUT2D eigenvalue weighted by Gasteiger charge is 2.12. The minimum absolute atomic E-state index is 0.0191. The van der Waals surface area contributed by atoms with Gasteiger partial charge < -0.3 is 4.57 Å². The van der Waals surface area contributed by atoms with E-state index in [0.717, 1.165) is 23.9 Å². The van der Waals surface area contributed by atoms with Crippen molar-refractivity contribution in [3.8, 4) is 11.4 Å². The van der Waals surface area contributed by atoms with Gasteiger partial charge in [-0.2, -0.15) is 0 Å². The molecule has 0 bridgehead atoms. The highest BCUT2D eigenvalue weighted by molar-refractivity contribution is 7.14. The number of carbonyl (C=O) groups excluding carboxylic acids is 1. The summed E-state index contributed by atoms with van der Waals surface area (Å²) in [4.78, 5) is 33.7. The maximum Gasteiger partial charge on any atom is 0.257 e. The van der Waals surface area contributed by atoms with Crippen LogP contribution in [0.2, 0.25) is 0 Å². The van der Waals surface area contributed by atoms with Crippen molar-refractivity contribution in [2.24, 2.45) is 0 Å². The summed E-state index contributed by atoms with van der Waals surface area (Å²) in [5, 5.41) is 4.83. The lowest BCUT2D eigenvalue weighted by Crippen LogP contribution is -2.22. The second kappa shape index (κ2) is 8.57. The fourth-order valence-corrected chi connectivity index (χ4v) is 3.68. The lowest BCUT2D eigenvalue weighted by atomic mass is 10.2. The van der Waals surface area contributed by atoms with Gasteiger partial charge in [-0.25, -0.2) is 13.8 Å². The molecule has 0 unspecified atom stereocenters. The summed E-state index contributed by atoms with van der Waals surface area (Å²) in [7, 11) is 0. The predicted molar refractivity (Wildman–Crippen MR) is 114 cm³/mol. The third kappa shape index (κ3) is 4.89. The molecule has 6 nitrogen and oxygen atoms in total. The summed E-state index contributed by atoms with van der Waals surface area (Å²) in [5.74, 6) is -1.93. The predicted octanol–water partition coefficient (Wildman–Crippen LogP) is 4.25. The fraction of sp³-hybridized carbons (Fsp3) is 0.0909. The van der Waals surface area contributed by atoms with Crippen LogP contribution in [0.4, 0.5) is 13.9 Å². The van der Waals surface area contributed by atoms with E-state index in [1.54, 1.807) is 5.38 Å². The Morgan fingerprint density at radius 3 is 2.55 bits per heavy atom. The number of nitrogens with one attached hydrogen (secondary N) is 1. The van der Waals surface area contributed by atoms with Crippen LogP contribution in [-0.4, -0.2) is 20.4 Å². The molecule has 0 aliphatic rings. The van der Waals surface area contributed by atoms with Gasteiger partial charge in [0.1, 0.15) is 17.3 Å². The second-order valence-corrected chi connectivity index (χ2v) is 7.67. The SMILES string of the molecule is Cc1cccc(-c2csc(NC(=O)c3ccn(Cc4cc(F)cc(F)c4)c(=O)c3)n2)n1. The number of benzene rings is 1. The summed E-state index contributed by atoms with van der Waals surface area (Å²) in [6, 6.07) is 11.3. The maximum atomic E-state index is 13.3. The Morgan fingerprint density at radius 1 is 1.06 bits per heavy atom. The molecule has 0 spiro atoms. The molecule has 1 amide bonds. The van der Waals surface area contributed by atoms with Crippen molar-refractivity contribution in [3.05, 3.63) is 98.9 Å². The van der Waals surface area contributed by atoms with Gasteiger partial charge in [0.25, 0.3) is 11.5 Å². The molecule has 0 fully saturated rings. The Balaban J connectivity index is 1.48. The van der Waals surface area contributed by atoms with E-state index < -0.39 is 23.1 Å². The van der Waals surface area contributed by atoms with E-state index in [9.17, 15) is 18.4 Å². The summed E-state index contributed by atoms with van der Waals surface area (Å²) < 4.78 is 28.0. The van der Waals surface area contributed by atoms with E-state index >= 15 is 0 Å². The van der Waals surface area contributed by atoms with Crippen LogP contribution in [0.5, 0.6) is 0 Å². The molecule has 0 atom stereocenters. The molecule has 0 saturated heterocycles. The van der Waals surface area contributed by atoms with Crippen LogP contribution in [-0.2, 0) is 6.54 Å². The van der Waals surface area contributed by atoms with Gasteiger partial charge in [-0.1, -0.05) is 6.07 Å². The van der Waals surface area contributed by atoms with E-state index in [4.69, 9.17) is 0 Å². The minimum atomic E-state index is -0.720. The maximum absolute atomic E-state index is 13.3. The Hall–Kier alpha value is -3.72. The van der Waals surface area contributed by atoms with Crippen molar-refractivity contribution < 1.29 is 13.6 Å². The number of amides is 1. The molecule has 0 aliphatic carbocycles. The van der Waals surface area contributed by atoms with Crippen LogP contribution in [0, 0.1) is 18.6 Å². The molecule has 0 radical (unpaired) electrons. The fourth-order valence-electron chi connectivity index (χ4n) is 2.98. The molecule has 3 heterocycles. The number of halogens is 2. The number of anilines is 1. The zero-order valence-corrected chi connectivity index (χ0v) is 17.1. The smallest absolute Gasteiger partial charge is 0.257 e. The van der Waals surface area contributed by atoms with Gasteiger partial charge in [0, 0.05) is 35.0 Å². The molecular formula is C22H16F2N4O2S. The van der Waals surface area contributed by atoms with E-state index in [1.165, 1.54) is 34.2 Å². The summed E-state index contributed by atoms with van der Waals surface area (Å²) in [6.07, 6.45) is 1.41. The molecule has 3 aromatic heterocycles. The molecular weight excluding hydrogens is 422 g/mol. The largest absolute Gasteiger partial charge is 0.311 e. The van der Waals surface area contributed by atoms with Gasteiger partial charge >= 0.3 is 0 Å². The molecule has 0 saturated carbocycles. The normalized spacial score (nSPS) is 10.8. The number of nitrogens with zero attached hydrogens (tertiary/aromatic N) is 3. The number of thiazole rings is 1. The van der Waals surface area contributed by atoms with Crippen molar-refractivity contribution in [3.63, 3.8) is 0 Å². The van der Waals surface area contributed by atoms with Crippen LogP contribution >= 0.6 is 11.3 Å². The zero-order valence-electron chi connectivity index (χ0n) is 16.3. The number of pyridine rings is 2. The first-order valence-corrected chi connectivity index (χ1v) is 10.1. The van der Waals surface area contributed by atoms with Gasteiger partial charge in [0.05, 0.1) is 12.2 Å². The summed E-state index contributed by atoms with van der Waals surface area (Å²) in [6.45, 7) is 1.86. The average molecular weight is 438 g/mol. The summed E-state index contributed by atoms with van der Waals surface area (Å²) >= 11 is 1.25. The number of rotatable bonds is 5. The van der Waals surface area contributed by atoms with Gasteiger partial charge in [-0.05, 0) is 42.8 Å². The van der Waals surface area contributed by atoms with Crippen LogP contribution < -0.4 is 10.9 Å². The third-order valence-electron chi connectivity index (χ3n) is 4.41. The average Bonchev–Trinajstić information content (AvgIpc) is 3.17. The minimum Gasteiger partial charge on any atom is -0.311 e. The number of hydrogen-bond acceptors (Lipinski definition) is 5. The van der Waals surface area contributed by atoms with Gasteiger partial charge in [0.15, 0.2) is 5.13 Å². The molecule has 4 aromatic rings. The molecule has 0 aliphatic heterocycles. The van der Waals surface area contributed by atoms with Crippen molar-refractivity contribution in [2.45, 2.75) is 13.5 Å². The standard InChI is InChI=1S/C22H16F2N4O2S/c1-13-3-2-4-18(25-13)19-12-31-22(26-19)27-21(30)15-5-6-28(20(29)9-15)11-14-7-16(23)10-17(24)8-14/h2-10,12H,11H2,1H3,(H,26,27,30). The quantitative estimate of drug-likeness (QED) is 0.505. The lowest BCUT2D eigenvalue weighted by molar-refractivity contribution is 0.102. The van der Waals surface area contributed by atoms with Crippen LogP contribution in [0.3, 0.4) is 0 Å². The Labute approximate surface area is 179 Å². The van der Waals surface area contributed by atoms with E-state index in [1.807, 2.05) is 25.1 Å². The molecule has 9 heteroatoms. The molecule has 31 heavy (non-hydrogen) atoms. The number of aromatic nitrogens is 3. The first kappa shape index (κ1) is 20.5. The molecule has 4 rings (SSSR count). The van der Waals surface area contributed by atoms with Crippen molar-refractivity contribution in [1.82, 2.24) is 14.5 Å². The number of hydrogen-bond donors (Lipinski definition) is 1. The van der Waals surface area contributed by atoms with Crippen molar-refractivity contribution >= 4 is 22.4 Å². The topological polar surface area (TPSA) is 76.9 Å². The Kier molecular flexibility index (Phi) is 5.68. The molecule has 1 N–H and O–H groups in total. The molecule has 1 aromatic carbocycles. The zero-order chi connectivity index (χ0) is 22.0. The highest BCUT2D eigenvalue weighted by Crippen LogP contribution is 2.24. The van der Waals surface area contributed by atoms with Crippen LogP contribution in [0.1, 0.15) is 21.6 Å². The Morgan fingerprint density at radius 2 is 1.84 bits per heavy atom. The van der Waals surface area contributed by atoms with E-state index in [0.29, 0.717) is 22.1 Å². The van der Waals surface area contributed by atoms with Gasteiger partial charge in [-0.15, -0.1) is 11.3 Å². The Bertz CT molecular complexity index is 1310. The number of aryl methyl sites for hydroxylation is 1. The first-order chi connectivity index (χ1) is 14.9. The molecule has 156 valence electrons. The van der Waals surface area contributed by atoms with E-state index in [-0.39, 0.29) is 12.1 Å². The van der Waals surface area contributed by atoms with Crippen LogP contribution in [0.15, 0.2) is 64.9 Å². The lowest BCUT2D eigenvalue weighted by Gasteiger charge is -2.08. The monoisotopic (exact) mass is 438 g/mol. The first-order valence-electron chi connectivity index (χ1n) is 9.24. The van der Waals surface area contributed by atoms with Crippen LogP contribution in [0.25, 0.3) is 11.4 Å². The van der Waals surface area contributed by atoms with E-state index in [2.05, 4.69) is 15.3 Å². The van der Waals surface area contributed by atoms with Crippen molar-refractivity contribution in [2.75, 3.05) is 5.32 Å².